The second-order valence-electron chi connectivity index (χ2n) is 11.0. The molecule has 1 unspecified atom stereocenters. The highest BCUT2D eigenvalue weighted by atomic mass is 16.4. The second-order valence-corrected chi connectivity index (χ2v) is 11.0. The van der Waals surface area contributed by atoms with Crippen LogP contribution in [0.2, 0.25) is 0 Å². The molecular formula is C31H44N6O4. The van der Waals surface area contributed by atoms with E-state index in [1.807, 2.05) is 55.5 Å². The molecule has 0 aliphatic carbocycles. The summed E-state index contributed by atoms with van der Waals surface area (Å²) in [6, 6.07) is 18.4. The third-order valence-corrected chi connectivity index (χ3v) is 7.42. The molecule has 10 nitrogen and oxygen atoms in total. The van der Waals surface area contributed by atoms with Gasteiger partial charge in [-0.05, 0) is 63.0 Å². The van der Waals surface area contributed by atoms with Crippen LogP contribution in [-0.2, 0) is 27.2 Å². The predicted octanol–water partition coefficient (Wildman–Crippen LogP) is 2.21. The Labute approximate surface area is 242 Å². The van der Waals surface area contributed by atoms with Gasteiger partial charge in [0.2, 0.25) is 11.8 Å². The van der Waals surface area contributed by atoms with E-state index in [9.17, 15) is 19.5 Å². The number of hydrogen-bond acceptors (Lipinski definition) is 5. The molecule has 1 fully saturated rings. The number of hydrogen-bond donors (Lipinski definition) is 5. The van der Waals surface area contributed by atoms with Gasteiger partial charge in [-0.3, -0.25) is 19.4 Å². The Kier molecular flexibility index (Phi) is 12.1. The Morgan fingerprint density at radius 2 is 1.71 bits per heavy atom. The molecule has 2 amide bonds. The van der Waals surface area contributed by atoms with Crippen LogP contribution in [0.25, 0.3) is 0 Å². The maximum absolute atomic E-state index is 13.6. The summed E-state index contributed by atoms with van der Waals surface area (Å²) in [5, 5.41) is 16.1. The molecule has 2 aromatic carbocycles. The molecule has 10 heteroatoms. The summed E-state index contributed by atoms with van der Waals surface area (Å²) >= 11 is 0. The molecule has 0 saturated carbocycles. The van der Waals surface area contributed by atoms with E-state index in [1.165, 1.54) is 5.56 Å². The minimum Gasteiger partial charge on any atom is -0.480 e. The first-order chi connectivity index (χ1) is 19.7. The number of aryl methyl sites for hydroxylation is 1. The summed E-state index contributed by atoms with van der Waals surface area (Å²) in [5.74, 6) is -1.23. The van der Waals surface area contributed by atoms with Gasteiger partial charge in [0.1, 0.15) is 12.1 Å². The van der Waals surface area contributed by atoms with Crippen LogP contribution < -0.4 is 22.1 Å². The molecular weight excluding hydrogens is 520 g/mol. The van der Waals surface area contributed by atoms with Crippen LogP contribution in [0.1, 0.15) is 56.6 Å². The molecule has 1 heterocycles. The van der Waals surface area contributed by atoms with Gasteiger partial charge in [-0.2, -0.15) is 0 Å². The second kappa shape index (κ2) is 15.8. The third kappa shape index (κ3) is 10.5. The molecule has 1 aliphatic heterocycles. The molecule has 222 valence electrons. The predicted molar refractivity (Wildman–Crippen MR) is 160 cm³/mol. The lowest BCUT2D eigenvalue weighted by atomic mass is 9.91. The summed E-state index contributed by atoms with van der Waals surface area (Å²) in [6.07, 6.45) is 4.62. The minimum absolute atomic E-state index is 0.00631. The van der Waals surface area contributed by atoms with Crippen molar-refractivity contribution in [2.75, 3.05) is 19.6 Å². The molecule has 2 aromatic rings. The van der Waals surface area contributed by atoms with Crippen LogP contribution in [0.15, 0.2) is 65.7 Å². The van der Waals surface area contributed by atoms with E-state index in [1.54, 1.807) is 4.90 Å². The molecule has 3 atom stereocenters. The zero-order valence-electron chi connectivity index (χ0n) is 23.9. The van der Waals surface area contributed by atoms with E-state index in [4.69, 9.17) is 11.5 Å². The lowest BCUT2D eigenvalue weighted by Crippen LogP contribution is -2.60. The van der Waals surface area contributed by atoms with Crippen molar-refractivity contribution in [3.63, 3.8) is 0 Å². The van der Waals surface area contributed by atoms with Crippen molar-refractivity contribution in [2.24, 2.45) is 16.5 Å². The summed E-state index contributed by atoms with van der Waals surface area (Å²) in [5.41, 5.74) is 12.1. The van der Waals surface area contributed by atoms with Crippen molar-refractivity contribution in [1.29, 1.82) is 0 Å². The molecule has 0 radical (unpaired) electrons. The smallest absolute Gasteiger partial charge is 0.320 e. The number of aliphatic carboxylic acids is 1. The molecule has 3 rings (SSSR count). The summed E-state index contributed by atoms with van der Waals surface area (Å²) < 4.78 is 0. The Bertz CT molecular complexity index is 1160. The zero-order valence-corrected chi connectivity index (χ0v) is 23.9. The Morgan fingerprint density at radius 1 is 1.05 bits per heavy atom. The van der Waals surface area contributed by atoms with Gasteiger partial charge < -0.3 is 32.1 Å². The number of likely N-dealkylation sites (tertiary alicyclic amines) is 1. The van der Waals surface area contributed by atoms with E-state index in [-0.39, 0.29) is 24.3 Å². The molecule has 0 aromatic heterocycles. The number of amides is 2. The molecule has 7 N–H and O–H groups in total. The first kappa shape index (κ1) is 31.6. The first-order valence-corrected chi connectivity index (χ1v) is 14.4. The van der Waals surface area contributed by atoms with Crippen molar-refractivity contribution in [2.45, 2.75) is 75.9 Å². The minimum atomic E-state index is -0.980. The number of nitrogens with zero attached hydrogens (tertiary/aromatic N) is 2. The standard InChI is InChI=1S/C31H44N6O4/c1-31(21-24-13-6-3-7-14-24,22-35-25(29(40)41)16-9-19-34-30(32)33)36-28(39)26-17-10-20-37(26)27(38)18-8-15-23-11-4-2-5-12-23/h2-7,11-14,25-26,35H,8-10,15-22H2,1H3,(H,36,39)(H,40,41)(H4,32,33,34)/t25-,26-,31?/m0/s1. The Morgan fingerprint density at radius 3 is 2.34 bits per heavy atom. The average Bonchev–Trinajstić information content (AvgIpc) is 3.44. The van der Waals surface area contributed by atoms with Crippen molar-refractivity contribution in [3.8, 4) is 0 Å². The number of carboxylic acids is 1. The van der Waals surface area contributed by atoms with Crippen molar-refractivity contribution >= 4 is 23.7 Å². The fraction of sp³-hybridized carbons (Fsp3) is 0.484. The van der Waals surface area contributed by atoms with Gasteiger partial charge >= 0.3 is 5.97 Å². The number of rotatable bonds is 16. The molecule has 0 bridgehead atoms. The average molecular weight is 565 g/mol. The molecule has 0 spiro atoms. The van der Waals surface area contributed by atoms with Gasteiger partial charge in [0, 0.05) is 26.1 Å². The lowest BCUT2D eigenvalue weighted by Gasteiger charge is -2.35. The highest BCUT2D eigenvalue weighted by Gasteiger charge is 2.37. The molecule has 41 heavy (non-hydrogen) atoms. The highest BCUT2D eigenvalue weighted by molar-refractivity contribution is 5.88. The van der Waals surface area contributed by atoms with Gasteiger partial charge in [-0.1, -0.05) is 60.7 Å². The Balaban J connectivity index is 1.64. The maximum Gasteiger partial charge on any atom is 0.320 e. The van der Waals surface area contributed by atoms with E-state index >= 15 is 0 Å². The number of carboxylic acid groups (broad SMARTS) is 1. The van der Waals surface area contributed by atoms with Crippen LogP contribution in [0.3, 0.4) is 0 Å². The third-order valence-electron chi connectivity index (χ3n) is 7.42. The number of nitrogens with two attached hydrogens (primary N) is 2. The number of benzene rings is 2. The van der Waals surface area contributed by atoms with E-state index < -0.39 is 23.6 Å². The lowest BCUT2D eigenvalue weighted by molar-refractivity contribution is -0.140. The van der Waals surface area contributed by atoms with E-state index in [0.29, 0.717) is 45.2 Å². The number of carbonyl (C=O) groups is 3. The summed E-state index contributed by atoms with van der Waals surface area (Å²) in [6.45, 7) is 3.03. The fourth-order valence-electron chi connectivity index (χ4n) is 5.31. The topological polar surface area (TPSA) is 163 Å². The first-order valence-electron chi connectivity index (χ1n) is 14.4. The normalized spacial score (nSPS) is 16.9. The highest BCUT2D eigenvalue weighted by Crippen LogP contribution is 2.22. The van der Waals surface area contributed by atoms with Gasteiger partial charge in [0.25, 0.3) is 0 Å². The molecule has 1 aliphatic rings. The van der Waals surface area contributed by atoms with Gasteiger partial charge in [-0.25, -0.2) is 0 Å². The number of nitrogens with one attached hydrogen (secondary N) is 2. The zero-order chi connectivity index (χ0) is 29.7. The fourth-order valence-corrected chi connectivity index (χ4v) is 5.31. The maximum atomic E-state index is 13.6. The van der Waals surface area contributed by atoms with Crippen LogP contribution >= 0.6 is 0 Å². The van der Waals surface area contributed by atoms with Gasteiger partial charge in [0.15, 0.2) is 5.96 Å². The SMILES string of the molecule is CC(CN[C@@H](CCCN=C(N)N)C(=O)O)(Cc1ccccc1)NC(=O)[C@@H]1CCCN1C(=O)CCCc1ccccc1. The van der Waals surface area contributed by atoms with Gasteiger partial charge in [-0.15, -0.1) is 0 Å². The van der Waals surface area contributed by atoms with E-state index in [0.717, 1.165) is 24.8 Å². The van der Waals surface area contributed by atoms with Crippen LogP contribution in [0, 0.1) is 0 Å². The van der Waals surface area contributed by atoms with Crippen molar-refractivity contribution < 1.29 is 19.5 Å². The van der Waals surface area contributed by atoms with Gasteiger partial charge in [0.05, 0.1) is 5.54 Å². The number of guanidine groups is 1. The largest absolute Gasteiger partial charge is 0.480 e. The van der Waals surface area contributed by atoms with Crippen molar-refractivity contribution in [1.82, 2.24) is 15.5 Å². The van der Waals surface area contributed by atoms with E-state index in [2.05, 4.69) is 27.8 Å². The number of carbonyl (C=O) groups excluding carboxylic acids is 2. The van der Waals surface area contributed by atoms with Crippen molar-refractivity contribution in [3.05, 3.63) is 71.8 Å². The quantitative estimate of drug-likeness (QED) is 0.119. The summed E-state index contributed by atoms with van der Waals surface area (Å²) in [7, 11) is 0. The van der Waals surface area contributed by atoms with Crippen LogP contribution in [0.4, 0.5) is 0 Å². The van der Waals surface area contributed by atoms with Crippen LogP contribution in [-0.4, -0.2) is 71.0 Å². The van der Waals surface area contributed by atoms with Crippen LogP contribution in [0.5, 0.6) is 0 Å². The molecule has 1 saturated heterocycles. The summed E-state index contributed by atoms with van der Waals surface area (Å²) in [4.78, 5) is 44.3. The Hall–Kier alpha value is -3.92. The monoisotopic (exact) mass is 564 g/mol. The number of aliphatic imine (C=N–C) groups is 1.